The van der Waals surface area contributed by atoms with Crippen molar-refractivity contribution in [1.82, 2.24) is 0 Å². The summed E-state index contributed by atoms with van der Waals surface area (Å²) in [5.41, 5.74) is 6.23. The Morgan fingerprint density at radius 1 is 0.704 bits per heavy atom. The van der Waals surface area contributed by atoms with E-state index < -0.39 is 20.3 Å². The molecule has 27 heavy (non-hydrogen) atoms. The molecule has 0 aromatic heterocycles. The molecule has 0 amide bonds. The maximum Gasteiger partial charge on any atom is -1.00 e. The zero-order chi connectivity index (χ0) is 17.0. The maximum absolute atomic E-state index is 2.63. The summed E-state index contributed by atoms with van der Waals surface area (Å²) in [5, 5.41) is 0. The predicted molar refractivity (Wildman–Crippen MR) is 105 cm³/mol. The monoisotopic (exact) mass is 474 g/mol. The molecule has 2 unspecified atom stereocenters. The summed E-state index contributed by atoms with van der Waals surface area (Å²) < 4.78 is 6.91. The molecule has 3 aliphatic rings. The number of benzene rings is 2. The van der Waals surface area contributed by atoms with Gasteiger partial charge in [0.05, 0.1) is 0 Å². The zero-order valence-electron chi connectivity index (χ0n) is 16.0. The Kier molecular flexibility index (Phi) is 6.27. The molecular formula is C24H26Cl2Zr. The van der Waals surface area contributed by atoms with Crippen LogP contribution in [0.5, 0.6) is 0 Å². The molecule has 1 heterocycles. The second-order valence-electron chi connectivity index (χ2n) is 7.96. The molecule has 0 nitrogen and oxygen atoms in total. The number of halogens is 2. The maximum atomic E-state index is 2.63. The van der Waals surface area contributed by atoms with E-state index in [1.165, 1.54) is 24.0 Å². The smallest absolute Gasteiger partial charge is 1.00 e. The molecule has 3 heteroatoms. The van der Waals surface area contributed by atoms with Gasteiger partial charge in [-0.3, -0.25) is 0 Å². The minimum absolute atomic E-state index is 0. The van der Waals surface area contributed by atoms with Crippen LogP contribution in [-0.2, 0) is 20.3 Å². The summed E-state index contributed by atoms with van der Waals surface area (Å²) in [6.07, 6.45) is 7.78. The average Bonchev–Trinajstić information content (AvgIpc) is 3.23. The first-order chi connectivity index (χ1) is 12.3. The molecular weight excluding hydrogens is 450 g/mol. The summed E-state index contributed by atoms with van der Waals surface area (Å²) in [6, 6.07) is 18.3. The van der Waals surface area contributed by atoms with Gasteiger partial charge in [0.2, 0.25) is 0 Å². The Hall–Kier alpha value is -0.617. The van der Waals surface area contributed by atoms with E-state index >= 15 is 0 Å². The molecule has 0 saturated carbocycles. The van der Waals surface area contributed by atoms with Gasteiger partial charge in [0, 0.05) is 0 Å². The van der Waals surface area contributed by atoms with Gasteiger partial charge >= 0.3 is 157 Å². The van der Waals surface area contributed by atoms with E-state index in [9.17, 15) is 0 Å². The number of allylic oxidation sites excluding steroid dienone is 2. The van der Waals surface area contributed by atoms with Crippen molar-refractivity contribution in [2.24, 2.45) is 0 Å². The van der Waals surface area contributed by atoms with Crippen LogP contribution < -0.4 is 24.8 Å². The van der Waals surface area contributed by atoms with Crippen LogP contribution in [0.2, 0.25) is 8.26 Å². The largest absolute Gasteiger partial charge is 1.00 e. The predicted octanol–water partition coefficient (Wildman–Crippen LogP) is 1.10. The van der Waals surface area contributed by atoms with E-state index in [1.807, 2.05) is 6.56 Å². The van der Waals surface area contributed by atoms with Gasteiger partial charge in [-0.05, 0) is 0 Å². The van der Waals surface area contributed by atoms with Crippen molar-refractivity contribution < 1.29 is 45.1 Å². The Bertz CT molecular complexity index is 837. The summed E-state index contributed by atoms with van der Waals surface area (Å²) in [7, 11) is 0. The molecule has 5 rings (SSSR count). The topological polar surface area (TPSA) is 0 Å². The summed E-state index contributed by atoms with van der Waals surface area (Å²) >= 11 is -2.33. The van der Waals surface area contributed by atoms with Gasteiger partial charge in [0.25, 0.3) is 0 Å². The van der Waals surface area contributed by atoms with Crippen molar-refractivity contribution in [2.45, 2.75) is 46.8 Å². The first-order valence-electron chi connectivity index (χ1n) is 9.90. The van der Waals surface area contributed by atoms with Crippen molar-refractivity contribution in [3.05, 3.63) is 77.3 Å². The third-order valence-electron chi connectivity index (χ3n) is 6.79. The van der Waals surface area contributed by atoms with Crippen LogP contribution in [-0.4, -0.2) is 0 Å². The minimum atomic E-state index is -2.33. The van der Waals surface area contributed by atoms with Gasteiger partial charge in [-0.2, -0.15) is 0 Å². The van der Waals surface area contributed by atoms with Gasteiger partial charge < -0.3 is 24.8 Å². The van der Waals surface area contributed by atoms with Crippen LogP contribution in [0.1, 0.15) is 60.8 Å². The molecule has 0 bridgehead atoms. The average molecular weight is 477 g/mol. The van der Waals surface area contributed by atoms with Gasteiger partial charge in [-0.1, -0.05) is 0 Å². The third kappa shape index (κ3) is 3.15. The Morgan fingerprint density at radius 2 is 1.11 bits per heavy atom. The molecule has 2 aromatic rings. The molecule has 140 valence electrons. The van der Waals surface area contributed by atoms with Crippen LogP contribution in [0.25, 0.3) is 12.2 Å². The quantitative estimate of drug-likeness (QED) is 0.620. The van der Waals surface area contributed by atoms with E-state index in [-0.39, 0.29) is 24.8 Å². The fourth-order valence-electron chi connectivity index (χ4n) is 5.48. The van der Waals surface area contributed by atoms with Gasteiger partial charge in [-0.15, -0.1) is 0 Å². The van der Waals surface area contributed by atoms with Crippen LogP contribution in [0.15, 0.2) is 55.1 Å². The van der Waals surface area contributed by atoms with Crippen molar-refractivity contribution in [3.63, 3.8) is 0 Å². The van der Waals surface area contributed by atoms with Gasteiger partial charge in [0.15, 0.2) is 0 Å². The molecule has 0 radical (unpaired) electrons. The van der Waals surface area contributed by atoms with E-state index in [0.29, 0.717) is 11.8 Å². The molecule has 2 aliphatic carbocycles. The van der Waals surface area contributed by atoms with Crippen LogP contribution in [0, 0.1) is 0 Å². The van der Waals surface area contributed by atoms with E-state index in [0.717, 1.165) is 0 Å². The van der Waals surface area contributed by atoms with Gasteiger partial charge in [0.1, 0.15) is 0 Å². The van der Waals surface area contributed by atoms with Crippen LogP contribution in [0.3, 0.4) is 0 Å². The van der Waals surface area contributed by atoms with Crippen LogP contribution >= 0.6 is 0 Å². The Morgan fingerprint density at radius 3 is 1.48 bits per heavy atom. The molecule has 0 spiro atoms. The molecule has 1 aliphatic heterocycles. The number of hydrogen-bond acceptors (Lipinski definition) is 0. The number of rotatable bonds is 4. The van der Waals surface area contributed by atoms with Gasteiger partial charge in [-0.25, -0.2) is 0 Å². The molecule has 2 aromatic carbocycles. The Balaban J connectivity index is 0.00000105. The third-order valence-corrected chi connectivity index (χ3v) is 18.3. The second-order valence-corrected chi connectivity index (χ2v) is 18.6. The van der Waals surface area contributed by atoms with E-state index in [1.54, 1.807) is 19.4 Å². The van der Waals surface area contributed by atoms with Crippen molar-refractivity contribution in [3.8, 4) is 0 Å². The SMILES string of the molecule is CCC1[C]([Zr+2]2([C]3=Cc4ccccc4C3CC)[CH2][CH2]2)=Cc2ccccc21.[Cl-].[Cl-]. The van der Waals surface area contributed by atoms with Crippen molar-refractivity contribution in [2.75, 3.05) is 0 Å². The van der Waals surface area contributed by atoms with Crippen molar-refractivity contribution in [1.29, 1.82) is 0 Å². The zero-order valence-corrected chi connectivity index (χ0v) is 20.0. The molecule has 2 atom stereocenters. The Labute approximate surface area is 180 Å². The first-order valence-corrected chi connectivity index (χ1v) is 15.8. The molecule has 1 saturated heterocycles. The van der Waals surface area contributed by atoms with E-state index in [4.69, 9.17) is 0 Å². The van der Waals surface area contributed by atoms with Crippen molar-refractivity contribution >= 4 is 12.2 Å². The number of hydrogen-bond donors (Lipinski definition) is 0. The normalized spacial score (nSPS) is 22.1. The summed E-state index contributed by atoms with van der Waals surface area (Å²) in [5.74, 6) is 1.41. The fraction of sp³-hybridized carbons (Fsp3) is 0.333. The summed E-state index contributed by atoms with van der Waals surface area (Å²) in [6.45, 7) is 4.77. The minimum Gasteiger partial charge on any atom is -1.00 e. The van der Waals surface area contributed by atoms with E-state index in [2.05, 4.69) is 74.5 Å². The summed E-state index contributed by atoms with van der Waals surface area (Å²) in [4.78, 5) is 0. The fourth-order valence-corrected chi connectivity index (χ4v) is 20.6. The first kappa shape index (κ1) is 21.1. The van der Waals surface area contributed by atoms with Crippen LogP contribution in [0.4, 0.5) is 0 Å². The second kappa shape index (κ2) is 8.02. The molecule has 1 fully saturated rings. The molecule has 0 N–H and O–H groups in total. The number of fused-ring (bicyclic) bond motifs is 2. The standard InChI is InChI=1S/2C11H11.C2H4.2ClH.Zr/c2*1-2-9-7-8-10-5-3-4-6-11(9)10;1-2;;;/h2*3-6,8-9H,2H2,1H3;1-2H2;2*1H;/q;;;;;+2/p-2.